The minimum Gasteiger partial charge on any atom is -0.311 e. The second-order valence-corrected chi connectivity index (χ2v) is 6.56. The van der Waals surface area contributed by atoms with Gasteiger partial charge in [0, 0.05) is 24.4 Å². The van der Waals surface area contributed by atoms with Crippen LogP contribution in [0.3, 0.4) is 0 Å². The first-order chi connectivity index (χ1) is 9.74. The Morgan fingerprint density at radius 2 is 1.90 bits per heavy atom. The van der Waals surface area contributed by atoms with Gasteiger partial charge in [-0.15, -0.1) is 0 Å². The molecule has 0 spiro atoms. The fraction of sp³-hybridized carbons (Fsp3) is 0.611. The first-order valence-electron chi connectivity index (χ1n) is 8.07. The fourth-order valence-corrected chi connectivity index (χ4v) is 3.97. The van der Waals surface area contributed by atoms with Gasteiger partial charge in [-0.2, -0.15) is 0 Å². The molecule has 0 radical (unpaired) electrons. The van der Waals surface area contributed by atoms with Gasteiger partial charge in [0.05, 0.1) is 0 Å². The van der Waals surface area contributed by atoms with Crippen LogP contribution in [0.1, 0.15) is 56.9 Å². The van der Waals surface area contributed by atoms with Crippen molar-refractivity contribution in [3.63, 3.8) is 0 Å². The maximum atomic E-state index is 12.3. The van der Waals surface area contributed by atoms with Crippen molar-refractivity contribution in [2.24, 2.45) is 5.92 Å². The zero-order chi connectivity index (χ0) is 13.9. The van der Waals surface area contributed by atoms with Gasteiger partial charge in [-0.05, 0) is 44.1 Å². The van der Waals surface area contributed by atoms with Crippen molar-refractivity contribution >= 4 is 5.78 Å². The molecule has 0 bridgehead atoms. The lowest BCUT2D eigenvalue weighted by atomic mass is 9.72. The third-order valence-corrected chi connectivity index (χ3v) is 5.10. The minimum absolute atomic E-state index is 0.233. The van der Waals surface area contributed by atoms with Crippen molar-refractivity contribution in [2.45, 2.75) is 63.5 Å². The molecule has 0 aromatic heterocycles. The predicted octanol–water partition coefficient (Wildman–Crippen LogP) is 3.67. The zero-order valence-electron chi connectivity index (χ0n) is 12.3. The summed E-state index contributed by atoms with van der Waals surface area (Å²) in [7, 11) is 0. The molecular weight excluding hydrogens is 246 g/mol. The van der Waals surface area contributed by atoms with Crippen molar-refractivity contribution in [1.82, 2.24) is 5.32 Å². The Kier molecular flexibility index (Phi) is 4.21. The molecule has 2 aliphatic rings. The molecule has 1 saturated carbocycles. The standard InChI is InChI=1S/C18H25NO/c1-13-6-5-9-17(19-13)16-12-15(10-11-18(16)20)14-7-3-2-4-8-14/h2-4,7-8,13,15-17,19H,5-6,9-12H2,1H3. The highest BCUT2D eigenvalue weighted by Crippen LogP contribution is 2.37. The van der Waals surface area contributed by atoms with E-state index in [2.05, 4.69) is 42.6 Å². The molecule has 3 rings (SSSR count). The molecule has 1 aromatic rings. The van der Waals surface area contributed by atoms with Gasteiger partial charge in [0.2, 0.25) is 0 Å². The van der Waals surface area contributed by atoms with Crippen LogP contribution in [0.15, 0.2) is 30.3 Å². The second-order valence-electron chi connectivity index (χ2n) is 6.56. The Bertz CT molecular complexity index is 456. The molecule has 108 valence electrons. The molecular formula is C18H25NO. The molecule has 2 heteroatoms. The van der Waals surface area contributed by atoms with Gasteiger partial charge in [-0.3, -0.25) is 4.79 Å². The van der Waals surface area contributed by atoms with Crippen LogP contribution in [-0.4, -0.2) is 17.9 Å². The van der Waals surface area contributed by atoms with Gasteiger partial charge in [0.1, 0.15) is 5.78 Å². The zero-order valence-corrected chi connectivity index (χ0v) is 12.3. The highest BCUT2D eigenvalue weighted by atomic mass is 16.1. The van der Waals surface area contributed by atoms with E-state index in [1.54, 1.807) is 0 Å². The molecule has 1 aromatic carbocycles. The van der Waals surface area contributed by atoms with Gasteiger partial charge in [0.25, 0.3) is 0 Å². The van der Waals surface area contributed by atoms with E-state index in [9.17, 15) is 4.79 Å². The van der Waals surface area contributed by atoms with Crippen LogP contribution in [0, 0.1) is 5.92 Å². The topological polar surface area (TPSA) is 29.1 Å². The quantitative estimate of drug-likeness (QED) is 0.889. The van der Waals surface area contributed by atoms with E-state index in [0.29, 0.717) is 23.8 Å². The summed E-state index contributed by atoms with van der Waals surface area (Å²) in [6, 6.07) is 11.7. The van der Waals surface area contributed by atoms with Crippen LogP contribution in [0.2, 0.25) is 0 Å². The van der Waals surface area contributed by atoms with Crippen molar-refractivity contribution in [2.75, 3.05) is 0 Å². The summed E-state index contributed by atoms with van der Waals surface area (Å²) in [4.78, 5) is 12.3. The summed E-state index contributed by atoms with van der Waals surface area (Å²) in [5, 5.41) is 3.67. The Morgan fingerprint density at radius 1 is 1.10 bits per heavy atom. The number of nitrogens with one attached hydrogen (secondary N) is 1. The van der Waals surface area contributed by atoms with Crippen LogP contribution in [0.25, 0.3) is 0 Å². The van der Waals surface area contributed by atoms with Gasteiger partial charge in [-0.1, -0.05) is 36.8 Å². The lowest BCUT2D eigenvalue weighted by Gasteiger charge is -2.38. The largest absolute Gasteiger partial charge is 0.311 e. The summed E-state index contributed by atoms with van der Waals surface area (Å²) in [5.74, 6) is 1.29. The van der Waals surface area contributed by atoms with Crippen molar-refractivity contribution in [3.05, 3.63) is 35.9 Å². The van der Waals surface area contributed by atoms with Crippen LogP contribution in [0.4, 0.5) is 0 Å². The maximum absolute atomic E-state index is 12.3. The van der Waals surface area contributed by atoms with E-state index in [1.165, 1.54) is 24.8 Å². The molecule has 4 atom stereocenters. The number of rotatable bonds is 2. The van der Waals surface area contributed by atoms with Crippen LogP contribution >= 0.6 is 0 Å². The molecule has 0 amide bonds. The number of carbonyl (C=O) groups is 1. The molecule has 4 unspecified atom stereocenters. The lowest BCUT2D eigenvalue weighted by Crippen LogP contribution is -2.48. The number of hydrogen-bond acceptors (Lipinski definition) is 2. The van der Waals surface area contributed by atoms with Gasteiger partial charge >= 0.3 is 0 Å². The van der Waals surface area contributed by atoms with E-state index < -0.39 is 0 Å². The van der Waals surface area contributed by atoms with E-state index in [4.69, 9.17) is 0 Å². The molecule has 20 heavy (non-hydrogen) atoms. The van der Waals surface area contributed by atoms with E-state index in [-0.39, 0.29) is 5.92 Å². The molecule has 1 saturated heterocycles. The average Bonchev–Trinajstić information content (AvgIpc) is 2.48. The second kappa shape index (κ2) is 6.09. The van der Waals surface area contributed by atoms with Crippen LogP contribution in [0.5, 0.6) is 0 Å². The van der Waals surface area contributed by atoms with E-state index in [1.807, 2.05) is 0 Å². The molecule has 2 nitrogen and oxygen atoms in total. The molecule has 2 fully saturated rings. The predicted molar refractivity (Wildman–Crippen MR) is 81.8 cm³/mol. The third-order valence-electron chi connectivity index (χ3n) is 5.10. The summed E-state index contributed by atoms with van der Waals surface area (Å²) in [6.07, 6.45) is 6.51. The van der Waals surface area contributed by atoms with Crippen molar-refractivity contribution in [1.29, 1.82) is 0 Å². The molecule has 1 heterocycles. The fourth-order valence-electron chi connectivity index (χ4n) is 3.97. The number of hydrogen-bond donors (Lipinski definition) is 1. The highest BCUT2D eigenvalue weighted by molar-refractivity contribution is 5.82. The summed E-state index contributed by atoms with van der Waals surface area (Å²) >= 11 is 0. The van der Waals surface area contributed by atoms with E-state index in [0.717, 1.165) is 19.3 Å². The Morgan fingerprint density at radius 3 is 2.65 bits per heavy atom. The van der Waals surface area contributed by atoms with Gasteiger partial charge < -0.3 is 5.32 Å². The molecule has 1 aliphatic heterocycles. The Balaban J connectivity index is 1.72. The Hall–Kier alpha value is -1.15. The lowest BCUT2D eigenvalue weighted by molar-refractivity contribution is -0.126. The smallest absolute Gasteiger partial charge is 0.137 e. The number of benzene rings is 1. The minimum atomic E-state index is 0.233. The Labute approximate surface area is 122 Å². The highest BCUT2D eigenvalue weighted by Gasteiger charge is 2.36. The van der Waals surface area contributed by atoms with Crippen molar-refractivity contribution in [3.8, 4) is 0 Å². The number of carbonyl (C=O) groups excluding carboxylic acids is 1. The SMILES string of the molecule is CC1CCCC(C2CC(c3ccccc3)CCC2=O)N1. The number of Topliss-reactive ketones (excluding diaryl/α,β-unsaturated/α-hetero) is 1. The summed E-state index contributed by atoms with van der Waals surface area (Å²) < 4.78 is 0. The van der Waals surface area contributed by atoms with Gasteiger partial charge in [-0.25, -0.2) is 0 Å². The number of piperidine rings is 1. The van der Waals surface area contributed by atoms with Crippen molar-refractivity contribution < 1.29 is 4.79 Å². The molecule has 1 aliphatic carbocycles. The van der Waals surface area contributed by atoms with Crippen LogP contribution in [-0.2, 0) is 4.79 Å². The first kappa shape index (κ1) is 13.8. The molecule has 1 N–H and O–H groups in total. The first-order valence-corrected chi connectivity index (χ1v) is 8.07. The maximum Gasteiger partial charge on any atom is 0.137 e. The number of ketones is 1. The summed E-state index contributed by atoms with van der Waals surface area (Å²) in [5.41, 5.74) is 1.41. The third kappa shape index (κ3) is 2.95. The van der Waals surface area contributed by atoms with Crippen LogP contribution < -0.4 is 5.32 Å². The normalized spacial score (nSPS) is 35.0. The average molecular weight is 271 g/mol. The van der Waals surface area contributed by atoms with E-state index >= 15 is 0 Å². The summed E-state index contributed by atoms with van der Waals surface area (Å²) in [6.45, 7) is 2.24. The monoisotopic (exact) mass is 271 g/mol. The van der Waals surface area contributed by atoms with Gasteiger partial charge in [0.15, 0.2) is 0 Å².